The molecule has 1 aromatic carbocycles. The maximum Gasteiger partial charge on any atom is 0.506 e. The normalized spacial score (nSPS) is 13.8. The van der Waals surface area contributed by atoms with Gasteiger partial charge in [-0.25, -0.2) is 4.79 Å². The second-order valence-electron chi connectivity index (χ2n) is 4.92. The Bertz CT molecular complexity index is 402. The summed E-state index contributed by atoms with van der Waals surface area (Å²) in [4.78, 5) is 10.9. The zero-order chi connectivity index (χ0) is 14.3. The highest BCUT2D eigenvalue weighted by Gasteiger charge is 2.30. The predicted molar refractivity (Wildman–Crippen MR) is 84.4 cm³/mol. The molecule has 0 radical (unpaired) electrons. The maximum atomic E-state index is 10.9. The minimum absolute atomic E-state index is 0.722. The van der Waals surface area contributed by atoms with E-state index >= 15 is 0 Å². The Hall–Kier alpha value is -0.780. The zero-order valence-corrected chi connectivity index (χ0v) is 13.6. The second-order valence-corrected chi connectivity index (χ2v) is 6.16. The lowest BCUT2D eigenvalue weighted by atomic mass is 9.90. The summed E-state index contributed by atoms with van der Waals surface area (Å²) in [6.07, 6.45) is 3.94. The van der Waals surface area contributed by atoms with Gasteiger partial charge in [-0.15, -0.1) is 0 Å². The van der Waals surface area contributed by atoms with Crippen LogP contribution in [0.15, 0.2) is 24.3 Å². The summed E-state index contributed by atoms with van der Waals surface area (Å²) in [5.41, 5.74) is 0.177. The van der Waals surface area contributed by atoms with E-state index in [4.69, 9.17) is 9.84 Å². The molecule has 0 fully saturated rings. The quantitative estimate of drug-likeness (QED) is 0.406. The number of carbonyl (C=O) groups is 1. The molecule has 1 atom stereocenters. The molecule has 0 amide bonds. The Morgan fingerprint density at radius 2 is 1.89 bits per heavy atom. The molecule has 0 aliphatic heterocycles. The van der Waals surface area contributed by atoms with E-state index in [1.165, 1.54) is 12.8 Å². The van der Waals surface area contributed by atoms with Gasteiger partial charge in [0, 0.05) is 3.57 Å². The standard InChI is InChI=1S/C15H21IO3/c1-3-4-5-6-11-15(2,19-14(17)18)12-7-9-13(16)10-8-12/h7-10H,3-6,11H2,1-2H3,(H,17,18). The summed E-state index contributed by atoms with van der Waals surface area (Å²) >= 11 is 2.23. The molecule has 0 aliphatic carbocycles. The predicted octanol–water partition coefficient (Wildman–Crippen LogP) is 5.17. The van der Waals surface area contributed by atoms with E-state index < -0.39 is 11.8 Å². The van der Waals surface area contributed by atoms with Crippen molar-refractivity contribution in [3.8, 4) is 0 Å². The number of unbranched alkanes of at least 4 members (excludes halogenated alkanes) is 3. The number of carboxylic acid groups (broad SMARTS) is 1. The van der Waals surface area contributed by atoms with Gasteiger partial charge in [-0.3, -0.25) is 0 Å². The fraction of sp³-hybridized carbons (Fsp3) is 0.533. The molecule has 0 spiro atoms. The number of hydrogen-bond acceptors (Lipinski definition) is 2. The fourth-order valence-electron chi connectivity index (χ4n) is 2.14. The maximum absolute atomic E-state index is 10.9. The Kier molecular flexibility index (Phi) is 6.62. The van der Waals surface area contributed by atoms with Crippen LogP contribution in [0.2, 0.25) is 0 Å². The SMILES string of the molecule is CCCCCCC(C)(OC(=O)O)c1ccc(I)cc1. The highest BCUT2D eigenvalue weighted by Crippen LogP contribution is 2.32. The Morgan fingerprint density at radius 1 is 1.26 bits per heavy atom. The highest BCUT2D eigenvalue weighted by atomic mass is 127. The first-order chi connectivity index (χ1) is 8.98. The van der Waals surface area contributed by atoms with Crippen molar-refractivity contribution < 1.29 is 14.6 Å². The van der Waals surface area contributed by atoms with Gasteiger partial charge in [0.05, 0.1) is 0 Å². The Labute approximate surface area is 128 Å². The van der Waals surface area contributed by atoms with Crippen molar-refractivity contribution in [2.24, 2.45) is 0 Å². The zero-order valence-electron chi connectivity index (χ0n) is 11.5. The summed E-state index contributed by atoms with van der Waals surface area (Å²) in [6, 6.07) is 7.85. The van der Waals surface area contributed by atoms with E-state index in [0.717, 1.165) is 28.4 Å². The summed E-state index contributed by atoms with van der Waals surface area (Å²) in [6.45, 7) is 4.02. The Morgan fingerprint density at radius 3 is 2.42 bits per heavy atom. The number of benzene rings is 1. The molecule has 19 heavy (non-hydrogen) atoms. The van der Waals surface area contributed by atoms with Crippen LogP contribution >= 0.6 is 22.6 Å². The smallest absolute Gasteiger partial charge is 0.450 e. The van der Waals surface area contributed by atoms with E-state index in [9.17, 15) is 4.79 Å². The molecule has 106 valence electrons. The number of rotatable bonds is 7. The lowest BCUT2D eigenvalue weighted by molar-refractivity contribution is -0.0177. The van der Waals surface area contributed by atoms with Gasteiger partial charge in [-0.05, 0) is 60.1 Å². The lowest BCUT2D eigenvalue weighted by Crippen LogP contribution is -2.28. The van der Waals surface area contributed by atoms with Gasteiger partial charge in [0.2, 0.25) is 0 Å². The third kappa shape index (κ3) is 5.38. The van der Waals surface area contributed by atoms with E-state index in [2.05, 4.69) is 29.5 Å². The molecule has 3 nitrogen and oxygen atoms in total. The third-order valence-electron chi connectivity index (χ3n) is 3.27. The van der Waals surface area contributed by atoms with Crippen molar-refractivity contribution in [2.45, 2.75) is 51.6 Å². The second kappa shape index (κ2) is 7.72. The molecule has 1 rings (SSSR count). The number of hydrogen-bond donors (Lipinski definition) is 1. The van der Waals surface area contributed by atoms with Crippen LogP contribution in [-0.2, 0) is 10.3 Å². The molecule has 1 N–H and O–H groups in total. The van der Waals surface area contributed by atoms with Crippen molar-refractivity contribution in [3.05, 3.63) is 33.4 Å². The first kappa shape index (κ1) is 16.3. The first-order valence-corrected chi connectivity index (χ1v) is 7.74. The van der Waals surface area contributed by atoms with E-state index in [1.54, 1.807) is 0 Å². The summed E-state index contributed by atoms with van der Waals surface area (Å²) in [5.74, 6) is 0. The van der Waals surface area contributed by atoms with Crippen molar-refractivity contribution in [2.75, 3.05) is 0 Å². The van der Waals surface area contributed by atoms with Gasteiger partial charge < -0.3 is 9.84 Å². The largest absolute Gasteiger partial charge is 0.506 e. The molecule has 0 aromatic heterocycles. The lowest BCUT2D eigenvalue weighted by Gasteiger charge is -2.29. The summed E-state index contributed by atoms with van der Waals surface area (Å²) in [7, 11) is 0. The average molecular weight is 376 g/mol. The molecule has 0 heterocycles. The molecule has 0 aliphatic rings. The topological polar surface area (TPSA) is 46.5 Å². The molecule has 0 saturated carbocycles. The van der Waals surface area contributed by atoms with Crippen LogP contribution in [0.1, 0.15) is 51.5 Å². The van der Waals surface area contributed by atoms with E-state index in [1.807, 2.05) is 31.2 Å². The van der Waals surface area contributed by atoms with Gasteiger partial charge >= 0.3 is 6.16 Å². The van der Waals surface area contributed by atoms with Gasteiger partial charge in [-0.1, -0.05) is 38.3 Å². The van der Waals surface area contributed by atoms with E-state index in [-0.39, 0.29) is 0 Å². The molecule has 1 aromatic rings. The number of ether oxygens (including phenoxy) is 1. The molecular formula is C15H21IO3. The van der Waals surface area contributed by atoms with Crippen LogP contribution in [-0.4, -0.2) is 11.3 Å². The van der Waals surface area contributed by atoms with Crippen molar-refractivity contribution in [1.29, 1.82) is 0 Å². The van der Waals surface area contributed by atoms with Crippen molar-refractivity contribution >= 4 is 28.7 Å². The summed E-state index contributed by atoms with van der Waals surface area (Å²) < 4.78 is 6.29. The summed E-state index contributed by atoms with van der Waals surface area (Å²) in [5, 5.41) is 8.94. The fourth-order valence-corrected chi connectivity index (χ4v) is 2.50. The first-order valence-electron chi connectivity index (χ1n) is 6.66. The van der Waals surface area contributed by atoms with Crippen LogP contribution in [0.5, 0.6) is 0 Å². The van der Waals surface area contributed by atoms with Crippen LogP contribution in [0.3, 0.4) is 0 Å². The highest BCUT2D eigenvalue weighted by molar-refractivity contribution is 14.1. The van der Waals surface area contributed by atoms with Crippen LogP contribution in [0, 0.1) is 3.57 Å². The number of halogens is 1. The Balaban J connectivity index is 2.79. The molecule has 4 heteroatoms. The third-order valence-corrected chi connectivity index (χ3v) is 3.99. The van der Waals surface area contributed by atoms with Crippen molar-refractivity contribution in [1.82, 2.24) is 0 Å². The van der Waals surface area contributed by atoms with E-state index in [0.29, 0.717) is 0 Å². The molecule has 0 saturated heterocycles. The molecule has 1 unspecified atom stereocenters. The van der Waals surface area contributed by atoms with Crippen LogP contribution in [0.25, 0.3) is 0 Å². The molecular weight excluding hydrogens is 355 g/mol. The molecule has 0 bridgehead atoms. The van der Waals surface area contributed by atoms with Crippen LogP contribution < -0.4 is 0 Å². The monoisotopic (exact) mass is 376 g/mol. The van der Waals surface area contributed by atoms with Crippen LogP contribution in [0.4, 0.5) is 4.79 Å². The average Bonchev–Trinajstić information content (AvgIpc) is 2.34. The van der Waals surface area contributed by atoms with Gasteiger partial charge in [-0.2, -0.15) is 0 Å². The minimum Gasteiger partial charge on any atom is -0.450 e. The van der Waals surface area contributed by atoms with Gasteiger partial charge in [0.1, 0.15) is 5.60 Å². The van der Waals surface area contributed by atoms with Crippen molar-refractivity contribution in [3.63, 3.8) is 0 Å². The van der Waals surface area contributed by atoms with Gasteiger partial charge in [0.15, 0.2) is 0 Å². The minimum atomic E-state index is -1.21. The van der Waals surface area contributed by atoms with Gasteiger partial charge in [0.25, 0.3) is 0 Å².